The third-order valence-corrected chi connectivity index (χ3v) is 5.01. The third kappa shape index (κ3) is 3.33. The van der Waals surface area contributed by atoms with Crippen LogP contribution in [0.15, 0.2) is 5.38 Å². The number of hydrogen-bond donors (Lipinski definition) is 1. The van der Waals surface area contributed by atoms with Gasteiger partial charge in [-0.05, 0) is 38.5 Å². The average molecular weight is 266 g/mol. The molecule has 0 aliphatic heterocycles. The van der Waals surface area contributed by atoms with Gasteiger partial charge in [0.2, 0.25) is 0 Å². The Labute approximate surface area is 115 Å². The second kappa shape index (κ2) is 6.16. The van der Waals surface area contributed by atoms with Crippen LogP contribution in [-0.4, -0.2) is 11.0 Å². The van der Waals surface area contributed by atoms with Gasteiger partial charge in [-0.2, -0.15) is 0 Å². The van der Waals surface area contributed by atoms with E-state index in [1.807, 2.05) is 0 Å². The van der Waals surface area contributed by atoms with E-state index in [9.17, 15) is 0 Å². The Morgan fingerprint density at radius 2 is 2.00 bits per heavy atom. The maximum Gasteiger partial charge on any atom is 0.0898 e. The fourth-order valence-corrected chi connectivity index (χ4v) is 3.86. The van der Waals surface area contributed by atoms with Crippen LogP contribution < -0.4 is 5.32 Å². The number of nitrogens with one attached hydrogen (secondary N) is 1. The van der Waals surface area contributed by atoms with Crippen LogP contribution in [0.2, 0.25) is 0 Å². The van der Waals surface area contributed by atoms with Crippen LogP contribution in [0.4, 0.5) is 0 Å². The zero-order chi connectivity index (χ0) is 13.1. The maximum atomic E-state index is 4.60. The molecule has 0 amide bonds. The molecule has 1 aliphatic carbocycles. The van der Waals surface area contributed by atoms with Crippen molar-refractivity contribution in [1.29, 1.82) is 0 Å². The van der Waals surface area contributed by atoms with Crippen LogP contribution in [0.5, 0.6) is 0 Å². The zero-order valence-corrected chi connectivity index (χ0v) is 12.9. The van der Waals surface area contributed by atoms with Crippen molar-refractivity contribution in [2.45, 2.75) is 65.5 Å². The molecule has 2 nitrogen and oxygen atoms in total. The van der Waals surface area contributed by atoms with E-state index in [4.69, 9.17) is 0 Å². The predicted octanol–water partition coefficient (Wildman–Crippen LogP) is 4.32. The molecule has 0 aromatic carbocycles. The largest absolute Gasteiger partial charge is 0.306 e. The van der Waals surface area contributed by atoms with Crippen LogP contribution >= 0.6 is 11.3 Å². The number of hydrogen-bond acceptors (Lipinski definition) is 3. The number of aromatic nitrogens is 1. The van der Waals surface area contributed by atoms with Gasteiger partial charge in [-0.1, -0.05) is 26.7 Å². The molecule has 3 unspecified atom stereocenters. The molecule has 3 heteroatoms. The molecule has 0 spiro atoms. The Hall–Kier alpha value is -0.410. The first-order valence-corrected chi connectivity index (χ1v) is 8.14. The van der Waals surface area contributed by atoms with Crippen LogP contribution in [0, 0.1) is 18.8 Å². The monoisotopic (exact) mass is 266 g/mol. The van der Waals surface area contributed by atoms with Crippen molar-refractivity contribution in [3.8, 4) is 0 Å². The van der Waals surface area contributed by atoms with Crippen molar-refractivity contribution in [2.24, 2.45) is 11.8 Å². The lowest BCUT2D eigenvalue weighted by atomic mass is 9.77. The first-order valence-electron chi connectivity index (χ1n) is 7.26. The van der Waals surface area contributed by atoms with Crippen LogP contribution in [0.1, 0.15) is 63.2 Å². The minimum Gasteiger partial charge on any atom is -0.306 e. The molecule has 0 saturated heterocycles. The zero-order valence-electron chi connectivity index (χ0n) is 12.1. The Bertz CT molecular complexity index is 372. The Balaban J connectivity index is 1.98. The summed E-state index contributed by atoms with van der Waals surface area (Å²) in [6, 6.07) is 1.06. The number of thiazole rings is 1. The van der Waals surface area contributed by atoms with Gasteiger partial charge < -0.3 is 5.32 Å². The van der Waals surface area contributed by atoms with Gasteiger partial charge in [0.25, 0.3) is 0 Å². The summed E-state index contributed by atoms with van der Waals surface area (Å²) in [7, 11) is 0. The van der Waals surface area contributed by atoms with Crippen molar-refractivity contribution in [3.63, 3.8) is 0 Å². The minimum atomic E-state index is 0.388. The van der Waals surface area contributed by atoms with Crippen LogP contribution in [-0.2, 0) is 0 Å². The van der Waals surface area contributed by atoms with E-state index in [-0.39, 0.29) is 0 Å². The second-order valence-corrected chi connectivity index (χ2v) is 7.04. The lowest BCUT2D eigenvalue weighted by Gasteiger charge is -2.36. The number of aryl methyl sites for hydroxylation is 1. The Morgan fingerprint density at radius 3 is 2.61 bits per heavy atom. The van der Waals surface area contributed by atoms with Crippen molar-refractivity contribution < 1.29 is 0 Å². The summed E-state index contributed by atoms with van der Waals surface area (Å²) in [6.07, 6.45) is 5.50. The lowest BCUT2D eigenvalue weighted by Crippen LogP contribution is -2.42. The Kier molecular flexibility index (Phi) is 4.79. The SMILES string of the molecule is Cc1nc(C(C)NC2CCCCC2C(C)C)cs1. The molecule has 1 aliphatic rings. The number of nitrogens with zero attached hydrogens (tertiary/aromatic N) is 1. The molecular formula is C15H26N2S. The molecule has 1 aromatic heterocycles. The topological polar surface area (TPSA) is 24.9 Å². The fraction of sp³-hybridized carbons (Fsp3) is 0.800. The van der Waals surface area contributed by atoms with E-state index < -0.39 is 0 Å². The van der Waals surface area contributed by atoms with Gasteiger partial charge >= 0.3 is 0 Å². The molecular weight excluding hydrogens is 240 g/mol. The van der Waals surface area contributed by atoms with E-state index in [2.05, 4.69) is 43.4 Å². The summed E-state index contributed by atoms with van der Waals surface area (Å²) in [5, 5.41) is 7.19. The lowest BCUT2D eigenvalue weighted by molar-refractivity contribution is 0.194. The molecule has 1 saturated carbocycles. The highest BCUT2D eigenvalue weighted by molar-refractivity contribution is 7.09. The van der Waals surface area contributed by atoms with Gasteiger partial charge in [0.1, 0.15) is 0 Å². The normalized spacial score (nSPS) is 26.5. The van der Waals surface area contributed by atoms with E-state index in [1.54, 1.807) is 11.3 Å². The number of rotatable bonds is 4. The highest BCUT2D eigenvalue weighted by Gasteiger charge is 2.28. The smallest absolute Gasteiger partial charge is 0.0898 e. The molecule has 102 valence electrons. The van der Waals surface area contributed by atoms with E-state index >= 15 is 0 Å². The minimum absolute atomic E-state index is 0.388. The molecule has 1 heterocycles. The summed E-state index contributed by atoms with van der Waals surface area (Å²) in [6.45, 7) is 9.06. The second-order valence-electron chi connectivity index (χ2n) is 5.98. The third-order valence-electron chi connectivity index (χ3n) is 4.22. The summed E-state index contributed by atoms with van der Waals surface area (Å²) >= 11 is 1.75. The highest BCUT2D eigenvalue weighted by atomic mass is 32.1. The van der Waals surface area contributed by atoms with Crippen LogP contribution in [0.3, 0.4) is 0 Å². The molecule has 2 rings (SSSR count). The van der Waals surface area contributed by atoms with Gasteiger partial charge in [0.15, 0.2) is 0 Å². The van der Waals surface area contributed by atoms with Crippen molar-refractivity contribution in [3.05, 3.63) is 16.1 Å². The van der Waals surface area contributed by atoms with Crippen molar-refractivity contribution in [1.82, 2.24) is 10.3 Å². The molecule has 0 radical (unpaired) electrons. The van der Waals surface area contributed by atoms with Crippen molar-refractivity contribution >= 4 is 11.3 Å². The van der Waals surface area contributed by atoms with Gasteiger partial charge in [-0.15, -0.1) is 11.3 Å². The van der Waals surface area contributed by atoms with Gasteiger partial charge in [0, 0.05) is 17.5 Å². The molecule has 0 bridgehead atoms. The van der Waals surface area contributed by atoms with E-state index in [0.717, 1.165) is 11.8 Å². The highest BCUT2D eigenvalue weighted by Crippen LogP contribution is 2.31. The standard InChI is InChI=1S/C15H26N2S/c1-10(2)13-7-5-6-8-14(13)16-11(3)15-9-18-12(4)17-15/h9-11,13-14,16H,5-8H2,1-4H3. The van der Waals surface area contributed by atoms with E-state index in [1.165, 1.54) is 36.4 Å². The van der Waals surface area contributed by atoms with Crippen molar-refractivity contribution in [2.75, 3.05) is 0 Å². The molecule has 1 N–H and O–H groups in total. The van der Waals surface area contributed by atoms with E-state index in [0.29, 0.717) is 12.1 Å². The predicted molar refractivity (Wildman–Crippen MR) is 79.0 cm³/mol. The Morgan fingerprint density at radius 1 is 1.28 bits per heavy atom. The summed E-state index contributed by atoms with van der Waals surface area (Å²) in [5.74, 6) is 1.62. The van der Waals surface area contributed by atoms with Crippen LogP contribution in [0.25, 0.3) is 0 Å². The molecule has 18 heavy (non-hydrogen) atoms. The van der Waals surface area contributed by atoms with Gasteiger partial charge in [0.05, 0.1) is 10.7 Å². The van der Waals surface area contributed by atoms with Gasteiger partial charge in [-0.25, -0.2) is 4.98 Å². The average Bonchev–Trinajstić information content (AvgIpc) is 2.76. The van der Waals surface area contributed by atoms with Gasteiger partial charge in [-0.3, -0.25) is 0 Å². The maximum absolute atomic E-state index is 4.60. The fourth-order valence-electron chi connectivity index (χ4n) is 3.15. The first-order chi connectivity index (χ1) is 8.58. The molecule has 1 fully saturated rings. The first kappa shape index (κ1) is 14.0. The molecule has 3 atom stereocenters. The molecule has 1 aromatic rings. The summed E-state index contributed by atoms with van der Waals surface area (Å²) in [4.78, 5) is 4.60. The summed E-state index contributed by atoms with van der Waals surface area (Å²) in [5.41, 5.74) is 1.21. The summed E-state index contributed by atoms with van der Waals surface area (Å²) < 4.78 is 0. The quantitative estimate of drug-likeness (QED) is 0.878.